The zero-order valence-electron chi connectivity index (χ0n) is 12.0. The van der Waals surface area contributed by atoms with Crippen LogP contribution in [0.25, 0.3) is 0 Å². The number of amides is 1. The molecule has 0 saturated carbocycles. The van der Waals surface area contributed by atoms with Crippen molar-refractivity contribution >= 4 is 46.6 Å². The van der Waals surface area contributed by atoms with Crippen LogP contribution in [-0.4, -0.2) is 24.9 Å². The molecule has 1 aliphatic heterocycles. The first-order valence-corrected chi connectivity index (χ1v) is 8.63. The number of halogens is 2. The van der Waals surface area contributed by atoms with Gasteiger partial charge in [0.15, 0.2) is 11.5 Å². The number of anilines is 1. The first-order valence-electron chi connectivity index (χ1n) is 6.89. The highest BCUT2D eigenvalue weighted by Crippen LogP contribution is 2.34. The number of hydrogen-bond donors (Lipinski definition) is 1. The van der Waals surface area contributed by atoms with Crippen molar-refractivity contribution in [3.8, 4) is 11.5 Å². The lowest BCUT2D eigenvalue weighted by molar-refractivity contribution is -0.113. The molecule has 3 rings (SSSR count). The lowest BCUT2D eigenvalue weighted by Gasteiger charge is -2.18. The molecule has 2 aromatic rings. The molecule has 4 nitrogen and oxygen atoms in total. The van der Waals surface area contributed by atoms with Crippen LogP contribution in [-0.2, 0) is 4.79 Å². The number of ether oxygens (including phenoxy) is 2. The number of carbonyl (C=O) groups excluding carboxylic acids is 1. The molecule has 1 aliphatic rings. The third-order valence-electron chi connectivity index (χ3n) is 3.09. The Bertz CT molecular complexity index is 739. The second-order valence-corrected chi connectivity index (χ2v) is 6.66. The summed E-state index contributed by atoms with van der Waals surface area (Å²) in [4.78, 5) is 13.0. The summed E-state index contributed by atoms with van der Waals surface area (Å²) in [6.45, 7) is 1.09. The predicted octanol–water partition coefficient (Wildman–Crippen LogP) is 4.50. The molecule has 0 saturated heterocycles. The molecule has 23 heavy (non-hydrogen) atoms. The lowest BCUT2D eigenvalue weighted by Crippen LogP contribution is -2.15. The van der Waals surface area contributed by atoms with Gasteiger partial charge in [-0.05, 0) is 36.4 Å². The number of benzene rings is 2. The molecule has 0 aromatic heterocycles. The van der Waals surface area contributed by atoms with Gasteiger partial charge in [0.05, 0.1) is 16.5 Å². The van der Waals surface area contributed by atoms with Gasteiger partial charge in [0.2, 0.25) is 5.91 Å². The first kappa shape index (κ1) is 16.3. The van der Waals surface area contributed by atoms with Gasteiger partial charge >= 0.3 is 0 Å². The summed E-state index contributed by atoms with van der Waals surface area (Å²) in [5, 5.41) is 3.72. The van der Waals surface area contributed by atoms with Crippen molar-refractivity contribution in [1.29, 1.82) is 0 Å². The average molecular weight is 370 g/mol. The summed E-state index contributed by atoms with van der Waals surface area (Å²) >= 11 is 13.3. The maximum Gasteiger partial charge on any atom is 0.234 e. The van der Waals surface area contributed by atoms with Crippen LogP contribution < -0.4 is 14.8 Å². The van der Waals surface area contributed by atoms with Crippen LogP contribution >= 0.6 is 35.0 Å². The Morgan fingerprint density at radius 1 is 1.09 bits per heavy atom. The van der Waals surface area contributed by atoms with Gasteiger partial charge in [-0.15, -0.1) is 11.8 Å². The van der Waals surface area contributed by atoms with Crippen LogP contribution in [0.4, 0.5) is 5.69 Å². The van der Waals surface area contributed by atoms with E-state index in [1.54, 1.807) is 18.2 Å². The molecule has 0 bridgehead atoms. The SMILES string of the molecule is O=C(CSc1ccc2c(c1)OCCO2)Nc1cc(Cl)ccc1Cl. The third-order valence-corrected chi connectivity index (χ3v) is 4.64. The summed E-state index contributed by atoms with van der Waals surface area (Å²) in [7, 11) is 0. The molecule has 1 amide bonds. The molecular formula is C16H13Cl2NO3S. The maximum atomic E-state index is 12.0. The summed E-state index contributed by atoms with van der Waals surface area (Å²) in [5.41, 5.74) is 0.506. The van der Waals surface area contributed by atoms with Gasteiger partial charge in [0.1, 0.15) is 13.2 Å². The molecule has 0 radical (unpaired) electrons. The van der Waals surface area contributed by atoms with Crippen molar-refractivity contribution in [2.24, 2.45) is 0 Å². The van der Waals surface area contributed by atoms with Gasteiger partial charge in [0, 0.05) is 9.92 Å². The van der Waals surface area contributed by atoms with E-state index in [4.69, 9.17) is 32.7 Å². The van der Waals surface area contributed by atoms with Crippen LogP contribution in [0.5, 0.6) is 11.5 Å². The molecule has 0 atom stereocenters. The van der Waals surface area contributed by atoms with E-state index in [-0.39, 0.29) is 11.7 Å². The van der Waals surface area contributed by atoms with Gasteiger partial charge in [-0.1, -0.05) is 23.2 Å². The van der Waals surface area contributed by atoms with Crippen LogP contribution in [0.2, 0.25) is 10.0 Å². The van der Waals surface area contributed by atoms with Crippen molar-refractivity contribution in [2.75, 3.05) is 24.3 Å². The molecule has 1 N–H and O–H groups in total. The van der Waals surface area contributed by atoms with E-state index in [0.717, 1.165) is 10.6 Å². The fraction of sp³-hybridized carbons (Fsp3) is 0.188. The highest BCUT2D eigenvalue weighted by atomic mass is 35.5. The van der Waals surface area contributed by atoms with E-state index >= 15 is 0 Å². The fourth-order valence-corrected chi connectivity index (χ4v) is 3.10. The van der Waals surface area contributed by atoms with Crippen LogP contribution in [0.15, 0.2) is 41.3 Å². The summed E-state index contributed by atoms with van der Waals surface area (Å²) in [6.07, 6.45) is 0. The Labute approximate surface area is 148 Å². The molecule has 7 heteroatoms. The zero-order valence-corrected chi connectivity index (χ0v) is 14.3. The van der Waals surface area contributed by atoms with Crippen LogP contribution in [0.3, 0.4) is 0 Å². The standard InChI is InChI=1S/C16H13Cl2NO3S/c17-10-1-3-12(18)13(7-10)19-16(20)9-23-11-2-4-14-15(8-11)22-6-5-21-14/h1-4,7-8H,5-6,9H2,(H,19,20). The fourth-order valence-electron chi connectivity index (χ4n) is 2.04. The van der Waals surface area contributed by atoms with Crippen LogP contribution in [0.1, 0.15) is 0 Å². The molecule has 0 aliphatic carbocycles. The van der Waals surface area contributed by atoms with Gasteiger partial charge in [-0.2, -0.15) is 0 Å². The molecule has 1 heterocycles. The van der Waals surface area contributed by atoms with Crippen molar-refractivity contribution in [3.05, 3.63) is 46.4 Å². The largest absolute Gasteiger partial charge is 0.486 e. The first-order chi connectivity index (χ1) is 11.1. The third kappa shape index (κ3) is 4.25. The molecule has 0 fully saturated rings. The van der Waals surface area contributed by atoms with Gasteiger partial charge in [0.25, 0.3) is 0 Å². The number of fused-ring (bicyclic) bond motifs is 1. The monoisotopic (exact) mass is 369 g/mol. The van der Waals surface area contributed by atoms with Crippen molar-refractivity contribution < 1.29 is 14.3 Å². The predicted molar refractivity (Wildman–Crippen MR) is 93.2 cm³/mol. The smallest absolute Gasteiger partial charge is 0.234 e. The minimum Gasteiger partial charge on any atom is -0.486 e. The van der Waals surface area contributed by atoms with E-state index in [0.29, 0.717) is 34.7 Å². The van der Waals surface area contributed by atoms with Crippen molar-refractivity contribution in [3.63, 3.8) is 0 Å². The molecule has 0 spiro atoms. The number of carbonyl (C=O) groups is 1. The molecular weight excluding hydrogens is 357 g/mol. The minimum atomic E-state index is -0.158. The number of rotatable bonds is 4. The minimum absolute atomic E-state index is 0.158. The van der Waals surface area contributed by atoms with E-state index in [9.17, 15) is 4.79 Å². The number of nitrogens with one attached hydrogen (secondary N) is 1. The Morgan fingerprint density at radius 2 is 1.87 bits per heavy atom. The second-order valence-electron chi connectivity index (χ2n) is 4.77. The number of hydrogen-bond acceptors (Lipinski definition) is 4. The van der Waals surface area contributed by atoms with E-state index < -0.39 is 0 Å². The summed E-state index contributed by atoms with van der Waals surface area (Å²) in [5.74, 6) is 1.53. The highest BCUT2D eigenvalue weighted by Gasteiger charge is 2.13. The zero-order chi connectivity index (χ0) is 16.2. The van der Waals surface area contributed by atoms with E-state index in [1.165, 1.54) is 11.8 Å². The van der Waals surface area contributed by atoms with Crippen molar-refractivity contribution in [1.82, 2.24) is 0 Å². The van der Waals surface area contributed by atoms with E-state index in [1.807, 2.05) is 18.2 Å². The number of thioether (sulfide) groups is 1. The Morgan fingerprint density at radius 3 is 2.70 bits per heavy atom. The molecule has 120 valence electrons. The van der Waals surface area contributed by atoms with E-state index in [2.05, 4.69) is 5.32 Å². The highest BCUT2D eigenvalue weighted by molar-refractivity contribution is 8.00. The summed E-state index contributed by atoms with van der Waals surface area (Å²) < 4.78 is 11.0. The topological polar surface area (TPSA) is 47.6 Å². The normalized spacial score (nSPS) is 12.8. The lowest BCUT2D eigenvalue weighted by atomic mass is 10.3. The second kappa shape index (κ2) is 7.34. The molecule has 2 aromatic carbocycles. The van der Waals surface area contributed by atoms with Gasteiger partial charge in [-0.25, -0.2) is 0 Å². The Hall–Kier alpha value is -1.56. The van der Waals surface area contributed by atoms with Gasteiger partial charge in [-0.3, -0.25) is 4.79 Å². The summed E-state index contributed by atoms with van der Waals surface area (Å²) in [6, 6.07) is 10.6. The maximum absolute atomic E-state index is 12.0. The molecule has 0 unspecified atom stereocenters. The quantitative estimate of drug-likeness (QED) is 0.806. The average Bonchev–Trinajstić information content (AvgIpc) is 2.56. The Balaban J connectivity index is 1.59. The van der Waals surface area contributed by atoms with Crippen LogP contribution in [0, 0.1) is 0 Å². The van der Waals surface area contributed by atoms with Gasteiger partial charge < -0.3 is 14.8 Å². The Kier molecular flexibility index (Phi) is 5.20. The van der Waals surface area contributed by atoms with Crippen molar-refractivity contribution in [2.45, 2.75) is 4.90 Å².